The van der Waals surface area contributed by atoms with Crippen molar-refractivity contribution in [1.82, 2.24) is 4.90 Å². The lowest BCUT2D eigenvalue weighted by Gasteiger charge is -2.47. The number of ether oxygens (including phenoxy) is 1. The fourth-order valence-corrected chi connectivity index (χ4v) is 3.22. The number of amides is 1. The van der Waals surface area contributed by atoms with Crippen LogP contribution in [0.5, 0.6) is 0 Å². The molecule has 104 valence electrons. The van der Waals surface area contributed by atoms with Gasteiger partial charge in [-0.1, -0.05) is 0 Å². The lowest BCUT2D eigenvalue weighted by molar-refractivity contribution is -0.673. The molecule has 2 saturated heterocycles. The molecule has 2 heterocycles. The van der Waals surface area contributed by atoms with E-state index in [4.69, 9.17) is 4.74 Å². The first-order chi connectivity index (χ1) is 8.43. The number of nitrogens with two attached hydrogens (primary N) is 1. The van der Waals surface area contributed by atoms with E-state index in [-0.39, 0.29) is 11.6 Å². The zero-order chi connectivity index (χ0) is 13.2. The molecule has 1 amide bonds. The molecule has 4 heteroatoms. The van der Waals surface area contributed by atoms with E-state index in [1.807, 2.05) is 25.7 Å². The highest BCUT2D eigenvalue weighted by molar-refractivity contribution is 5.69. The van der Waals surface area contributed by atoms with E-state index in [0.717, 1.165) is 32.4 Å². The molecule has 1 spiro atoms. The highest BCUT2D eigenvalue weighted by Crippen LogP contribution is 2.33. The zero-order valence-electron chi connectivity index (χ0n) is 12.0. The second-order valence-corrected chi connectivity index (χ2v) is 6.70. The summed E-state index contributed by atoms with van der Waals surface area (Å²) in [7, 11) is 0. The van der Waals surface area contributed by atoms with E-state index in [0.29, 0.717) is 0 Å². The number of carbonyl (C=O) groups is 1. The SMILES string of the molecule is CC(C)(C)OC(=O)N1CCCC[C@@]12CCC[NH2+]C2. The van der Waals surface area contributed by atoms with Gasteiger partial charge in [-0.3, -0.25) is 4.90 Å². The summed E-state index contributed by atoms with van der Waals surface area (Å²) in [6.07, 6.45) is 5.73. The molecule has 2 rings (SSSR count). The van der Waals surface area contributed by atoms with Gasteiger partial charge in [-0.2, -0.15) is 0 Å². The van der Waals surface area contributed by atoms with Crippen LogP contribution in [-0.4, -0.2) is 41.8 Å². The number of carbonyl (C=O) groups excluding carboxylic acids is 1. The lowest BCUT2D eigenvalue weighted by atomic mass is 9.81. The molecule has 0 aromatic heterocycles. The molecule has 1 atom stereocenters. The van der Waals surface area contributed by atoms with Gasteiger partial charge in [0.15, 0.2) is 0 Å². The number of piperidine rings is 2. The minimum Gasteiger partial charge on any atom is -0.444 e. The summed E-state index contributed by atoms with van der Waals surface area (Å²) in [6.45, 7) is 8.93. The summed E-state index contributed by atoms with van der Waals surface area (Å²) in [5.74, 6) is 0. The molecule has 0 aromatic rings. The number of hydrogen-bond acceptors (Lipinski definition) is 2. The number of quaternary nitrogens is 1. The molecule has 0 unspecified atom stereocenters. The zero-order valence-corrected chi connectivity index (χ0v) is 12.0. The van der Waals surface area contributed by atoms with Gasteiger partial charge in [-0.15, -0.1) is 0 Å². The molecule has 0 aromatic carbocycles. The van der Waals surface area contributed by atoms with Gasteiger partial charge in [0.05, 0.1) is 18.6 Å². The first-order valence-corrected chi connectivity index (χ1v) is 7.25. The second kappa shape index (κ2) is 5.08. The summed E-state index contributed by atoms with van der Waals surface area (Å²) in [6, 6.07) is 0. The van der Waals surface area contributed by atoms with Crippen molar-refractivity contribution in [3.63, 3.8) is 0 Å². The molecule has 0 saturated carbocycles. The monoisotopic (exact) mass is 255 g/mol. The number of rotatable bonds is 0. The van der Waals surface area contributed by atoms with E-state index >= 15 is 0 Å². The Morgan fingerprint density at radius 2 is 1.94 bits per heavy atom. The molecule has 2 aliphatic heterocycles. The van der Waals surface area contributed by atoms with Crippen molar-refractivity contribution in [3.8, 4) is 0 Å². The van der Waals surface area contributed by atoms with Gasteiger partial charge < -0.3 is 10.1 Å². The maximum atomic E-state index is 12.4. The summed E-state index contributed by atoms with van der Waals surface area (Å²) < 4.78 is 5.58. The highest BCUT2D eigenvalue weighted by Gasteiger charge is 2.45. The Morgan fingerprint density at radius 1 is 1.22 bits per heavy atom. The van der Waals surface area contributed by atoms with Crippen LogP contribution in [0.2, 0.25) is 0 Å². The van der Waals surface area contributed by atoms with Gasteiger partial charge in [0.2, 0.25) is 0 Å². The topological polar surface area (TPSA) is 46.1 Å². The van der Waals surface area contributed by atoms with Gasteiger partial charge in [0.25, 0.3) is 0 Å². The van der Waals surface area contributed by atoms with Crippen LogP contribution in [0.15, 0.2) is 0 Å². The molecule has 18 heavy (non-hydrogen) atoms. The van der Waals surface area contributed by atoms with Crippen molar-refractivity contribution in [2.45, 2.75) is 64.0 Å². The third kappa shape index (κ3) is 2.97. The van der Waals surface area contributed by atoms with Crippen LogP contribution >= 0.6 is 0 Å². The summed E-state index contributed by atoms with van der Waals surface area (Å²) >= 11 is 0. The predicted octanol–water partition coefficient (Wildman–Crippen LogP) is 1.50. The van der Waals surface area contributed by atoms with Crippen LogP contribution in [0.4, 0.5) is 4.79 Å². The molecule has 2 N–H and O–H groups in total. The fourth-order valence-electron chi connectivity index (χ4n) is 3.22. The Bertz CT molecular complexity index is 295. The summed E-state index contributed by atoms with van der Waals surface area (Å²) in [5, 5.41) is 2.35. The van der Waals surface area contributed by atoms with Crippen LogP contribution in [0.3, 0.4) is 0 Å². The van der Waals surface area contributed by atoms with Crippen LogP contribution in [0.1, 0.15) is 52.9 Å². The molecule has 0 bridgehead atoms. The van der Waals surface area contributed by atoms with Gasteiger partial charge in [0, 0.05) is 6.54 Å². The van der Waals surface area contributed by atoms with Crippen molar-refractivity contribution in [2.24, 2.45) is 0 Å². The van der Waals surface area contributed by atoms with Crippen molar-refractivity contribution in [3.05, 3.63) is 0 Å². The van der Waals surface area contributed by atoms with E-state index in [1.165, 1.54) is 19.4 Å². The lowest BCUT2D eigenvalue weighted by Crippen LogP contribution is -2.92. The Labute approximate surface area is 110 Å². The van der Waals surface area contributed by atoms with Gasteiger partial charge in [0.1, 0.15) is 5.60 Å². The quantitative estimate of drug-likeness (QED) is 0.713. The van der Waals surface area contributed by atoms with Crippen molar-refractivity contribution in [1.29, 1.82) is 0 Å². The maximum Gasteiger partial charge on any atom is 0.410 e. The molecular weight excluding hydrogens is 228 g/mol. The Hall–Kier alpha value is -0.770. The smallest absolute Gasteiger partial charge is 0.410 e. The number of nitrogens with zero attached hydrogens (tertiary/aromatic N) is 1. The fraction of sp³-hybridized carbons (Fsp3) is 0.929. The van der Waals surface area contributed by atoms with Crippen LogP contribution in [0.25, 0.3) is 0 Å². The first kappa shape index (κ1) is 13.7. The molecule has 2 aliphatic rings. The van der Waals surface area contributed by atoms with E-state index < -0.39 is 5.60 Å². The van der Waals surface area contributed by atoms with Crippen LogP contribution < -0.4 is 5.32 Å². The third-order valence-corrected chi connectivity index (χ3v) is 4.03. The molecule has 2 fully saturated rings. The molecular formula is C14H27N2O2+. The third-order valence-electron chi connectivity index (χ3n) is 4.03. The first-order valence-electron chi connectivity index (χ1n) is 7.25. The number of hydrogen-bond donors (Lipinski definition) is 1. The Balaban J connectivity index is 2.10. The standard InChI is InChI=1S/C14H26N2O2/c1-13(2,3)18-12(17)16-10-5-4-7-14(16)8-6-9-15-11-14/h15H,4-11H2,1-3H3/p+1/t14-/m0/s1. The van der Waals surface area contributed by atoms with Crippen molar-refractivity contribution < 1.29 is 14.8 Å². The Kier molecular flexibility index (Phi) is 3.85. The van der Waals surface area contributed by atoms with Crippen LogP contribution in [0, 0.1) is 0 Å². The maximum absolute atomic E-state index is 12.4. The van der Waals surface area contributed by atoms with E-state index in [9.17, 15) is 4.79 Å². The molecule has 0 radical (unpaired) electrons. The minimum atomic E-state index is -0.395. The highest BCUT2D eigenvalue weighted by atomic mass is 16.6. The average Bonchev–Trinajstić information content (AvgIpc) is 2.28. The molecule has 0 aliphatic carbocycles. The van der Waals surface area contributed by atoms with Crippen molar-refractivity contribution >= 4 is 6.09 Å². The number of likely N-dealkylation sites (tertiary alicyclic amines) is 1. The second-order valence-electron chi connectivity index (χ2n) is 6.70. The van der Waals surface area contributed by atoms with Crippen LogP contribution in [-0.2, 0) is 4.74 Å². The van der Waals surface area contributed by atoms with Gasteiger partial charge >= 0.3 is 6.09 Å². The van der Waals surface area contributed by atoms with E-state index in [2.05, 4.69) is 5.32 Å². The predicted molar refractivity (Wildman–Crippen MR) is 70.4 cm³/mol. The van der Waals surface area contributed by atoms with E-state index in [1.54, 1.807) is 0 Å². The van der Waals surface area contributed by atoms with Gasteiger partial charge in [-0.05, 0) is 52.9 Å². The Morgan fingerprint density at radius 3 is 2.56 bits per heavy atom. The largest absolute Gasteiger partial charge is 0.444 e. The summed E-state index contributed by atoms with van der Waals surface area (Å²) in [5.41, 5.74) is -0.326. The van der Waals surface area contributed by atoms with Gasteiger partial charge in [-0.25, -0.2) is 4.79 Å². The average molecular weight is 255 g/mol. The molecule has 4 nitrogen and oxygen atoms in total. The normalized spacial score (nSPS) is 29.4. The minimum absolute atomic E-state index is 0.0683. The van der Waals surface area contributed by atoms with Crippen molar-refractivity contribution in [2.75, 3.05) is 19.6 Å². The summed E-state index contributed by atoms with van der Waals surface area (Å²) in [4.78, 5) is 14.4.